The maximum Gasteiger partial charge on any atom is 0.265 e. The van der Waals surface area contributed by atoms with Gasteiger partial charge >= 0.3 is 0 Å². The van der Waals surface area contributed by atoms with Crippen molar-refractivity contribution in [2.45, 2.75) is 20.5 Å². The van der Waals surface area contributed by atoms with Crippen LogP contribution in [0.15, 0.2) is 60.0 Å². The smallest absolute Gasteiger partial charge is 0.265 e. The van der Waals surface area contributed by atoms with Crippen LogP contribution in [0.1, 0.15) is 33.3 Å². The lowest BCUT2D eigenvalue weighted by molar-refractivity contribution is 0.103. The van der Waals surface area contributed by atoms with Crippen molar-refractivity contribution in [1.29, 1.82) is 0 Å². The molecule has 0 aliphatic rings. The number of nitrogens with one attached hydrogen (secondary N) is 1. The molecule has 138 valence electrons. The first-order valence-electron chi connectivity index (χ1n) is 8.56. The van der Waals surface area contributed by atoms with Gasteiger partial charge in [-0.15, -0.1) is 11.3 Å². The summed E-state index contributed by atoms with van der Waals surface area (Å²) in [5.74, 6) is 0.268. The summed E-state index contributed by atoms with van der Waals surface area (Å²) in [7, 11) is 0. The molecule has 0 unspecified atom stereocenters. The number of thiophene rings is 1. The van der Waals surface area contributed by atoms with Gasteiger partial charge in [-0.3, -0.25) is 4.79 Å². The van der Waals surface area contributed by atoms with Crippen LogP contribution in [0.2, 0.25) is 0 Å². The molecule has 0 spiro atoms. The average molecular weight is 381 g/mol. The topological polar surface area (TPSA) is 38.3 Å². The van der Waals surface area contributed by atoms with Crippen LogP contribution in [-0.4, -0.2) is 5.91 Å². The van der Waals surface area contributed by atoms with Crippen LogP contribution < -0.4 is 10.1 Å². The van der Waals surface area contributed by atoms with E-state index in [-0.39, 0.29) is 11.7 Å². The number of carbonyl (C=O) groups is 1. The predicted molar refractivity (Wildman–Crippen MR) is 109 cm³/mol. The first-order valence-corrected chi connectivity index (χ1v) is 9.44. The molecule has 0 saturated carbocycles. The second-order valence-corrected chi connectivity index (χ2v) is 6.97. The maximum absolute atomic E-state index is 13.2. The number of carbonyl (C=O) groups excluding carboxylic acids is 1. The third-order valence-corrected chi connectivity index (χ3v) is 4.95. The van der Waals surface area contributed by atoms with Gasteiger partial charge in [-0.25, -0.2) is 4.39 Å². The highest BCUT2D eigenvalue weighted by Crippen LogP contribution is 2.23. The molecule has 0 atom stereocenters. The standard InChI is InChI=1S/C22H20FNO2S/c1-3-6-17-7-4-5-8-20(17)26-13-16-12-21(27-14-16)22(25)24-19-10-9-18(23)11-15(19)2/h3-12,14H,13H2,1-2H3,(H,24,25)/b6-3+. The van der Waals surface area contributed by atoms with E-state index in [1.165, 1.54) is 23.5 Å². The molecule has 0 radical (unpaired) electrons. The second-order valence-electron chi connectivity index (χ2n) is 6.06. The van der Waals surface area contributed by atoms with Crippen molar-refractivity contribution in [1.82, 2.24) is 0 Å². The Bertz CT molecular complexity index is 978. The van der Waals surface area contributed by atoms with Crippen molar-refractivity contribution in [3.8, 4) is 5.75 Å². The van der Waals surface area contributed by atoms with Crippen LogP contribution in [0.3, 0.4) is 0 Å². The molecule has 27 heavy (non-hydrogen) atoms. The Hall–Kier alpha value is -2.92. The summed E-state index contributed by atoms with van der Waals surface area (Å²) in [5, 5.41) is 4.73. The van der Waals surface area contributed by atoms with E-state index in [1.807, 2.05) is 54.8 Å². The number of para-hydroxylation sites is 1. The van der Waals surface area contributed by atoms with Crippen LogP contribution in [-0.2, 0) is 6.61 Å². The van der Waals surface area contributed by atoms with E-state index in [0.29, 0.717) is 22.7 Å². The van der Waals surface area contributed by atoms with Gasteiger partial charge in [0.2, 0.25) is 0 Å². The van der Waals surface area contributed by atoms with Crippen LogP contribution in [0, 0.1) is 12.7 Å². The summed E-state index contributed by atoms with van der Waals surface area (Å²) in [6, 6.07) is 13.9. The molecule has 3 aromatic rings. The number of amides is 1. The fourth-order valence-corrected chi connectivity index (χ4v) is 3.40. The zero-order valence-electron chi connectivity index (χ0n) is 15.2. The van der Waals surface area contributed by atoms with E-state index in [4.69, 9.17) is 4.74 Å². The van der Waals surface area contributed by atoms with Crippen LogP contribution >= 0.6 is 11.3 Å². The molecular weight excluding hydrogens is 361 g/mol. The molecule has 1 heterocycles. The van der Waals surface area contributed by atoms with Crippen LogP contribution in [0.25, 0.3) is 6.08 Å². The quantitative estimate of drug-likeness (QED) is 0.563. The van der Waals surface area contributed by atoms with Gasteiger partial charge in [0, 0.05) is 16.8 Å². The Labute approximate surface area is 162 Å². The van der Waals surface area contributed by atoms with Gasteiger partial charge in [0.25, 0.3) is 5.91 Å². The minimum atomic E-state index is -0.320. The lowest BCUT2D eigenvalue weighted by atomic mass is 10.2. The third-order valence-electron chi connectivity index (χ3n) is 3.97. The Balaban J connectivity index is 1.65. The normalized spacial score (nSPS) is 10.9. The van der Waals surface area contributed by atoms with Gasteiger partial charge in [0.05, 0.1) is 4.88 Å². The van der Waals surface area contributed by atoms with Gasteiger partial charge < -0.3 is 10.1 Å². The van der Waals surface area contributed by atoms with Gasteiger partial charge in [0.15, 0.2) is 0 Å². The summed E-state index contributed by atoms with van der Waals surface area (Å²) in [6.45, 7) is 4.10. The van der Waals surface area contributed by atoms with Gasteiger partial charge in [-0.1, -0.05) is 30.4 Å². The summed E-state index contributed by atoms with van der Waals surface area (Å²) in [5.41, 5.74) is 3.23. The number of hydrogen-bond acceptors (Lipinski definition) is 3. The highest BCUT2D eigenvalue weighted by atomic mass is 32.1. The van der Waals surface area contributed by atoms with Crippen molar-refractivity contribution in [3.63, 3.8) is 0 Å². The number of allylic oxidation sites excluding steroid dienone is 1. The molecule has 2 aromatic carbocycles. The molecule has 0 aliphatic heterocycles. The minimum Gasteiger partial charge on any atom is -0.488 e. The average Bonchev–Trinajstić information content (AvgIpc) is 3.13. The molecule has 3 rings (SSSR count). The number of halogens is 1. The predicted octanol–water partition coefficient (Wildman–Crippen LogP) is 6.06. The Morgan fingerprint density at radius 2 is 2.04 bits per heavy atom. The first-order chi connectivity index (χ1) is 13.1. The number of benzene rings is 2. The fourth-order valence-electron chi connectivity index (χ4n) is 2.61. The molecule has 1 aromatic heterocycles. The molecule has 0 fully saturated rings. The number of aryl methyl sites for hydroxylation is 1. The molecular formula is C22H20FNO2S. The molecule has 1 N–H and O–H groups in total. The van der Waals surface area contributed by atoms with E-state index in [9.17, 15) is 9.18 Å². The minimum absolute atomic E-state index is 0.213. The van der Waals surface area contributed by atoms with Crippen molar-refractivity contribution >= 4 is 29.0 Å². The summed E-state index contributed by atoms with van der Waals surface area (Å²) in [6.07, 6.45) is 3.96. The number of hydrogen-bond donors (Lipinski definition) is 1. The molecule has 0 bridgehead atoms. The summed E-state index contributed by atoms with van der Waals surface area (Å²) >= 11 is 1.36. The van der Waals surface area contributed by atoms with Gasteiger partial charge in [0.1, 0.15) is 18.2 Å². The molecule has 5 heteroatoms. The molecule has 0 saturated heterocycles. The van der Waals surface area contributed by atoms with Crippen LogP contribution in [0.4, 0.5) is 10.1 Å². The third kappa shape index (κ3) is 4.83. The summed E-state index contributed by atoms with van der Waals surface area (Å²) in [4.78, 5) is 13.0. The number of anilines is 1. The zero-order valence-corrected chi connectivity index (χ0v) is 16.0. The Kier molecular flexibility index (Phi) is 6.04. The molecule has 1 amide bonds. The second kappa shape index (κ2) is 8.64. The lowest BCUT2D eigenvalue weighted by Crippen LogP contribution is -2.11. The summed E-state index contributed by atoms with van der Waals surface area (Å²) < 4.78 is 19.1. The van der Waals surface area contributed by atoms with Gasteiger partial charge in [-0.2, -0.15) is 0 Å². The number of ether oxygens (including phenoxy) is 1. The zero-order chi connectivity index (χ0) is 19.2. The van der Waals surface area contributed by atoms with Crippen molar-refractivity contribution in [2.24, 2.45) is 0 Å². The van der Waals surface area contributed by atoms with Crippen molar-refractivity contribution in [3.05, 3.63) is 87.4 Å². The highest BCUT2D eigenvalue weighted by Gasteiger charge is 2.12. The van der Waals surface area contributed by atoms with E-state index >= 15 is 0 Å². The van der Waals surface area contributed by atoms with Gasteiger partial charge in [-0.05, 0) is 55.1 Å². The van der Waals surface area contributed by atoms with E-state index in [1.54, 1.807) is 13.0 Å². The van der Waals surface area contributed by atoms with Crippen molar-refractivity contribution < 1.29 is 13.9 Å². The van der Waals surface area contributed by atoms with E-state index < -0.39 is 0 Å². The Morgan fingerprint density at radius 1 is 1.22 bits per heavy atom. The maximum atomic E-state index is 13.2. The highest BCUT2D eigenvalue weighted by molar-refractivity contribution is 7.12. The largest absolute Gasteiger partial charge is 0.488 e. The lowest BCUT2D eigenvalue weighted by Gasteiger charge is -2.08. The number of rotatable bonds is 6. The molecule has 0 aliphatic carbocycles. The van der Waals surface area contributed by atoms with E-state index in [0.717, 1.165) is 16.9 Å². The monoisotopic (exact) mass is 381 g/mol. The SMILES string of the molecule is C/C=C/c1ccccc1OCc1csc(C(=O)Nc2ccc(F)cc2C)c1. The van der Waals surface area contributed by atoms with E-state index in [2.05, 4.69) is 5.32 Å². The Morgan fingerprint density at radius 3 is 2.81 bits per heavy atom. The van der Waals surface area contributed by atoms with Crippen molar-refractivity contribution in [2.75, 3.05) is 5.32 Å². The van der Waals surface area contributed by atoms with Crippen LogP contribution in [0.5, 0.6) is 5.75 Å². The first kappa shape index (κ1) is 18.9. The molecule has 3 nitrogen and oxygen atoms in total. The fraction of sp³-hybridized carbons (Fsp3) is 0.136.